The first-order valence-electron chi connectivity index (χ1n) is 25.3. The molecule has 0 saturated heterocycles. The predicted molar refractivity (Wildman–Crippen MR) is 310 cm³/mol. The van der Waals surface area contributed by atoms with Gasteiger partial charge in [-0.25, -0.2) is 0 Å². The zero-order valence-electron chi connectivity index (χ0n) is 41.0. The van der Waals surface area contributed by atoms with Crippen molar-refractivity contribution in [1.82, 2.24) is 0 Å². The van der Waals surface area contributed by atoms with Crippen molar-refractivity contribution >= 4 is 55.7 Å². The van der Waals surface area contributed by atoms with E-state index >= 15 is 0 Å². The highest BCUT2D eigenvalue weighted by molar-refractivity contribution is 6.19. The van der Waals surface area contributed by atoms with Gasteiger partial charge in [-0.15, -0.1) is 0 Å². The summed E-state index contributed by atoms with van der Waals surface area (Å²) in [5.41, 5.74) is 21.4. The summed E-state index contributed by atoms with van der Waals surface area (Å²) >= 11 is 0. The van der Waals surface area contributed by atoms with Gasteiger partial charge in [0, 0.05) is 39.5 Å². The second kappa shape index (κ2) is 18.2. The maximum Gasteiger partial charge on any atom is 0.0462 e. The van der Waals surface area contributed by atoms with Gasteiger partial charge in [0.25, 0.3) is 0 Å². The second-order valence-electron chi connectivity index (χ2n) is 19.7. The molecule has 0 fully saturated rings. The Morgan fingerprint density at radius 1 is 0.247 bits per heavy atom. The van der Waals surface area contributed by atoms with Crippen LogP contribution in [-0.4, -0.2) is 0 Å². The molecule has 0 bridgehead atoms. The number of nitrogens with zero attached hydrogens (tertiary/aromatic N) is 2. The van der Waals surface area contributed by atoms with E-state index in [4.69, 9.17) is 0 Å². The highest BCUT2D eigenvalue weighted by atomic mass is 15.1. The lowest BCUT2D eigenvalue weighted by Gasteiger charge is -2.27. The lowest BCUT2D eigenvalue weighted by molar-refractivity contribution is 0.663. The van der Waals surface area contributed by atoms with Crippen LogP contribution in [0, 0.1) is 0 Å². The molecule has 0 unspecified atom stereocenters. The molecule has 1 aliphatic carbocycles. The van der Waals surface area contributed by atoms with Crippen LogP contribution in [0.1, 0.15) is 25.0 Å². The van der Waals surface area contributed by atoms with Crippen molar-refractivity contribution in [3.8, 4) is 55.6 Å². The largest absolute Gasteiger partial charge is 0.311 e. The van der Waals surface area contributed by atoms with E-state index in [0.717, 1.165) is 45.3 Å². The van der Waals surface area contributed by atoms with Crippen LogP contribution in [0.25, 0.3) is 77.2 Å². The van der Waals surface area contributed by atoms with Crippen LogP contribution < -0.4 is 9.80 Å². The van der Waals surface area contributed by atoms with Gasteiger partial charge in [-0.05, 0) is 167 Å². The van der Waals surface area contributed by atoms with Crippen molar-refractivity contribution in [3.05, 3.63) is 290 Å². The van der Waals surface area contributed by atoms with Crippen LogP contribution in [0.4, 0.5) is 34.1 Å². The summed E-state index contributed by atoms with van der Waals surface area (Å²) in [7, 11) is 0. The minimum absolute atomic E-state index is 0.0340. The molecule has 0 spiro atoms. The molecule has 2 nitrogen and oxygen atoms in total. The van der Waals surface area contributed by atoms with Crippen molar-refractivity contribution < 1.29 is 0 Å². The van der Waals surface area contributed by atoms with E-state index in [9.17, 15) is 0 Å². The zero-order chi connectivity index (χ0) is 48.9. The molecular weight excluding hydrogens is 881 g/mol. The Kier molecular flexibility index (Phi) is 10.9. The summed E-state index contributed by atoms with van der Waals surface area (Å²) in [4.78, 5) is 4.71. The summed E-state index contributed by atoms with van der Waals surface area (Å²) in [5, 5.41) is 5.42. The Morgan fingerprint density at radius 2 is 0.534 bits per heavy atom. The standard InChI is InChI=1S/C71H52N2/c1-71(2)67-22-12-20-58-48-66(65-21-13-23-68(71)70(65)69(58)67)57-34-46-64(47-35-57)73(61-40-28-54(29-41-61)51-18-10-5-11-19-51)63-44-32-56(33-45-63)55-30-42-62(43-31-55)72(59-36-24-52(25-37-59)49-14-6-3-7-15-49)60-38-26-53(27-39-60)50-16-8-4-9-17-50/h3-48H,1-2H3. The van der Waals surface area contributed by atoms with Crippen molar-refractivity contribution in [2.24, 2.45) is 0 Å². The fourth-order valence-corrected chi connectivity index (χ4v) is 11.3. The van der Waals surface area contributed by atoms with Gasteiger partial charge in [-0.1, -0.05) is 214 Å². The third-order valence-electron chi connectivity index (χ3n) is 15.1. The average Bonchev–Trinajstić information content (AvgIpc) is 3.72. The molecule has 0 aromatic heterocycles. The number of anilines is 6. The van der Waals surface area contributed by atoms with Gasteiger partial charge in [0.1, 0.15) is 0 Å². The van der Waals surface area contributed by atoms with Gasteiger partial charge in [-0.3, -0.25) is 0 Å². The van der Waals surface area contributed by atoms with Crippen molar-refractivity contribution in [2.75, 3.05) is 9.80 Å². The van der Waals surface area contributed by atoms with Crippen LogP contribution in [0.5, 0.6) is 0 Å². The van der Waals surface area contributed by atoms with Crippen LogP contribution in [0.15, 0.2) is 279 Å². The quantitative estimate of drug-likeness (QED) is 0.119. The molecule has 346 valence electrons. The van der Waals surface area contributed by atoms with Crippen molar-refractivity contribution in [3.63, 3.8) is 0 Å². The third kappa shape index (κ3) is 7.95. The van der Waals surface area contributed by atoms with Gasteiger partial charge < -0.3 is 9.80 Å². The normalized spacial score (nSPS) is 12.4. The van der Waals surface area contributed by atoms with Crippen LogP contribution >= 0.6 is 0 Å². The first-order valence-corrected chi connectivity index (χ1v) is 25.3. The molecule has 1 aliphatic rings. The average molecular weight is 933 g/mol. The van der Waals surface area contributed by atoms with E-state index in [-0.39, 0.29) is 5.41 Å². The highest BCUT2D eigenvalue weighted by Crippen LogP contribution is 2.51. The van der Waals surface area contributed by atoms with Gasteiger partial charge in [0.15, 0.2) is 0 Å². The van der Waals surface area contributed by atoms with Gasteiger partial charge in [0.05, 0.1) is 0 Å². The molecule has 0 amide bonds. The monoisotopic (exact) mass is 932 g/mol. The zero-order valence-corrected chi connectivity index (χ0v) is 41.0. The first-order chi connectivity index (χ1) is 35.9. The molecule has 12 aromatic rings. The Balaban J connectivity index is 0.836. The number of rotatable bonds is 11. The Bertz CT molecular complexity index is 3820. The van der Waals surface area contributed by atoms with Gasteiger partial charge >= 0.3 is 0 Å². The van der Waals surface area contributed by atoms with E-state index in [0.29, 0.717) is 0 Å². The van der Waals surface area contributed by atoms with E-state index < -0.39 is 0 Å². The fraction of sp³-hybridized carbons (Fsp3) is 0.0423. The summed E-state index contributed by atoms with van der Waals surface area (Å²) in [5.74, 6) is 0. The fourth-order valence-electron chi connectivity index (χ4n) is 11.3. The molecule has 12 aromatic carbocycles. The van der Waals surface area contributed by atoms with E-state index in [1.807, 2.05) is 0 Å². The van der Waals surface area contributed by atoms with Crippen LogP contribution in [0.2, 0.25) is 0 Å². The van der Waals surface area contributed by atoms with E-state index in [2.05, 4.69) is 303 Å². The molecule has 2 heteroatoms. The molecular formula is C71H52N2. The maximum atomic E-state index is 2.40. The first kappa shape index (κ1) is 43.8. The van der Waals surface area contributed by atoms with E-state index in [1.54, 1.807) is 0 Å². The molecule has 0 aliphatic heterocycles. The minimum atomic E-state index is -0.0340. The molecule has 0 atom stereocenters. The number of benzene rings is 12. The molecule has 0 N–H and O–H groups in total. The predicted octanol–water partition coefficient (Wildman–Crippen LogP) is 19.9. The number of hydrogen-bond acceptors (Lipinski definition) is 2. The Hall–Kier alpha value is -9.24. The molecule has 0 saturated carbocycles. The Morgan fingerprint density at radius 3 is 0.877 bits per heavy atom. The minimum Gasteiger partial charge on any atom is -0.311 e. The maximum absolute atomic E-state index is 2.40. The van der Waals surface area contributed by atoms with Crippen LogP contribution in [0.3, 0.4) is 0 Å². The molecule has 73 heavy (non-hydrogen) atoms. The lowest BCUT2D eigenvalue weighted by Crippen LogP contribution is -2.14. The SMILES string of the molecule is CC1(C)c2cccc3cc(-c4ccc(N(c5ccc(-c6ccccc6)cc5)c5ccc(-c6ccc(N(c7ccc(-c8ccccc8)cc7)c7ccc(-c8ccccc8)cc7)cc6)cc5)cc4)c4cccc1c4c23. The van der Waals surface area contributed by atoms with E-state index in [1.165, 1.54) is 77.2 Å². The summed E-state index contributed by atoms with van der Waals surface area (Å²) in [6.07, 6.45) is 0. The summed E-state index contributed by atoms with van der Waals surface area (Å²) < 4.78 is 0. The van der Waals surface area contributed by atoms with Crippen LogP contribution in [-0.2, 0) is 5.41 Å². The highest BCUT2D eigenvalue weighted by Gasteiger charge is 2.34. The topological polar surface area (TPSA) is 6.48 Å². The van der Waals surface area contributed by atoms with Crippen molar-refractivity contribution in [2.45, 2.75) is 19.3 Å². The van der Waals surface area contributed by atoms with Gasteiger partial charge in [-0.2, -0.15) is 0 Å². The smallest absolute Gasteiger partial charge is 0.0462 e. The Labute approximate surface area is 428 Å². The lowest BCUT2D eigenvalue weighted by atomic mass is 9.82. The molecule has 0 heterocycles. The summed E-state index contributed by atoms with van der Waals surface area (Å²) in [6.45, 7) is 4.73. The second-order valence-corrected chi connectivity index (χ2v) is 19.7. The van der Waals surface area contributed by atoms with Crippen molar-refractivity contribution in [1.29, 1.82) is 0 Å². The summed E-state index contributed by atoms with van der Waals surface area (Å²) in [6, 6.07) is 102. The third-order valence-corrected chi connectivity index (χ3v) is 15.1. The number of hydrogen-bond donors (Lipinski definition) is 0. The molecule has 0 radical (unpaired) electrons. The molecule has 13 rings (SSSR count). The van der Waals surface area contributed by atoms with Gasteiger partial charge in [0.2, 0.25) is 0 Å².